The molecule has 2 aromatic heterocycles. The minimum Gasteiger partial charge on any atom is -0.341 e. The van der Waals surface area contributed by atoms with Gasteiger partial charge in [-0.3, -0.25) is 9.89 Å². The van der Waals surface area contributed by atoms with Crippen molar-refractivity contribution in [1.29, 1.82) is 0 Å². The molecule has 0 atom stereocenters. The van der Waals surface area contributed by atoms with Gasteiger partial charge in [-0.05, 0) is 18.2 Å². The molecular formula is C17H12N4O. The molecule has 3 N–H and O–H groups in total. The minimum absolute atomic E-state index is 0.177. The Bertz CT molecular complexity index is 1060. The number of terminal acetylenes is 1. The van der Waals surface area contributed by atoms with Gasteiger partial charge in [0.05, 0.1) is 23.1 Å². The molecule has 5 nitrogen and oxygen atoms in total. The van der Waals surface area contributed by atoms with Gasteiger partial charge in [0.25, 0.3) is 5.91 Å². The van der Waals surface area contributed by atoms with Crippen LogP contribution in [0.25, 0.3) is 32.7 Å². The summed E-state index contributed by atoms with van der Waals surface area (Å²) in [5, 5.41) is 11.8. The van der Waals surface area contributed by atoms with Gasteiger partial charge < -0.3 is 10.4 Å². The van der Waals surface area contributed by atoms with Gasteiger partial charge in [0.15, 0.2) is 0 Å². The second kappa shape index (κ2) is 4.64. The van der Waals surface area contributed by atoms with Crippen LogP contribution in [0.1, 0.15) is 10.4 Å². The second-order valence-electron chi connectivity index (χ2n) is 5.07. The molecule has 2 aromatic carbocycles. The van der Waals surface area contributed by atoms with E-state index in [-0.39, 0.29) is 12.5 Å². The zero-order chi connectivity index (χ0) is 15.1. The normalized spacial score (nSPS) is 11.0. The van der Waals surface area contributed by atoms with E-state index < -0.39 is 0 Å². The van der Waals surface area contributed by atoms with E-state index in [2.05, 4.69) is 26.4 Å². The Morgan fingerprint density at radius 1 is 1.27 bits per heavy atom. The fraction of sp³-hybridized carbons (Fsp3) is 0.0588. The summed E-state index contributed by atoms with van der Waals surface area (Å²) in [6.07, 6.45) is 7.06. The predicted molar refractivity (Wildman–Crippen MR) is 86.6 cm³/mol. The van der Waals surface area contributed by atoms with Gasteiger partial charge >= 0.3 is 0 Å². The molecule has 0 aliphatic rings. The number of hydrogen-bond donors (Lipinski definition) is 3. The van der Waals surface area contributed by atoms with Crippen LogP contribution in [0.4, 0.5) is 0 Å². The van der Waals surface area contributed by atoms with Crippen molar-refractivity contribution in [3.8, 4) is 12.3 Å². The van der Waals surface area contributed by atoms with Crippen molar-refractivity contribution in [2.45, 2.75) is 0 Å². The van der Waals surface area contributed by atoms with Crippen LogP contribution in [0.3, 0.4) is 0 Å². The lowest BCUT2D eigenvalue weighted by atomic mass is 10.1. The SMILES string of the molecule is C#CCNC(=O)c1ccc2nc3c(ccc4c[nH][nH]c43)c2c1. The maximum Gasteiger partial charge on any atom is 0.252 e. The van der Waals surface area contributed by atoms with Gasteiger partial charge in [0.1, 0.15) is 0 Å². The molecule has 2 heterocycles. The number of aromatic nitrogens is 3. The van der Waals surface area contributed by atoms with Crippen LogP contribution in [-0.2, 0) is 0 Å². The first-order valence-corrected chi connectivity index (χ1v) is 6.87. The van der Waals surface area contributed by atoms with Crippen molar-refractivity contribution >= 4 is 38.6 Å². The van der Waals surface area contributed by atoms with E-state index >= 15 is 0 Å². The Balaban J connectivity index is 1.93. The van der Waals surface area contributed by atoms with Crippen LogP contribution >= 0.6 is 0 Å². The number of hydrogen-bond acceptors (Lipinski definition) is 2. The maximum absolute atomic E-state index is 12.0. The summed E-state index contributed by atoms with van der Waals surface area (Å²) in [6, 6.07) is 9.53. The highest BCUT2D eigenvalue weighted by molar-refractivity contribution is 6.16. The third-order valence-corrected chi connectivity index (χ3v) is 3.77. The lowest BCUT2D eigenvalue weighted by Crippen LogP contribution is -2.23. The second-order valence-corrected chi connectivity index (χ2v) is 5.07. The van der Waals surface area contributed by atoms with Crippen LogP contribution in [-0.4, -0.2) is 27.6 Å². The Morgan fingerprint density at radius 3 is 3.05 bits per heavy atom. The molecule has 0 radical (unpaired) electrons. The molecule has 0 spiro atoms. The van der Waals surface area contributed by atoms with Gasteiger partial charge in [0.2, 0.25) is 0 Å². The third kappa shape index (κ3) is 1.75. The first-order valence-electron chi connectivity index (χ1n) is 6.87. The molecule has 4 rings (SSSR count). The van der Waals surface area contributed by atoms with Crippen molar-refractivity contribution in [3.63, 3.8) is 0 Å². The summed E-state index contributed by atoms with van der Waals surface area (Å²) in [4.78, 5) is 16.7. The Labute approximate surface area is 125 Å². The number of H-pyrrole nitrogens is 2. The number of nitrogens with one attached hydrogen (secondary N) is 3. The molecule has 0 aliphatic carbocycles. The lowest BCUT2D eigenvalue weighted by Gasteiger charge is -2.01. The topological polar surface area (TPSA) is 73.6 Å². The minimum atomic E-state index is -0.177. The number of benzene rings is 2. The summed E-state index contributed by atoms with van der Waals surface area (Å²) < 4.78 is 0. The number of fused-ring (bicyclic) bond motifs is 5. The number of carbonyl (C=O) groups is 1. The van der Waals surface area contributed by atoms with Crippen LogP contribution in [0.2, 0.25) is 0 Å². The van der Waals surface area contributed by atoms with Crippen LogP contribution < -0.4 is 5.32 Å². The molecular weight excluding hydrogens is 276 g/mol. The summed E-state index contributed by atoms with van der Waals surface area (Å²) in [7, 11) is 0. The summed E-state index contributed by atoms with van der Waals surface area (Å²) >= 11 is 0. The van der Waals surface area contributed by atoms with E-state index in [1.165, 1.54) is 0 Å². The van der Waals surface area contributed by atoms with Gasteiger partial charge in [-0.25, -0.2) is 4.98 Å². The van der Waals surface area contributed by atoms with E-state index in [1.54, 1.807) is 6.07 Å². The highest BCUT2D eigenvalue weighted by atomic mass is 16.1. The van der Waals surface area contributed by atoms with Gasteiger partial charge in [-0.2, -0.15) is 0 Å². The van der Waals surface area contributed by atoms with Crippen LogP contribution in [0.15, 0.2) is 36.5 Å². The maximum atomic E-state index is 12.0. The Kier molecular flexibility index (Phi) is 2.63. The fourth-order valence-corrected chi connectivity index (χ4v) is 2.72. The third-order valence-electron chi connectivity index (χ3n) is 3.77. The molecule has 5 heteroatoms. The Hall–Kier alpha value is -3.26. The zero-order valence-corrected chi connectivity index (χ0v) is 11.6. The average molecular weight is 288 g/mol. The smallest absolute Gasteiger partial charge is 0.252 e. The van der Waals surface area contributed by atoms with Gasteiger partial charge in [0, 0.05) is 27.9 Å². The summed E-state index contributed by atoms with van der Waals surface area (Å²) in [5.74, 6) is 2.22. The van der Waals surface area contributed by atoms with E-state index in [9.17, 15) is 4.79 Å². The molecule has 0 fully saturated rings. The molecule has 22 heavy (non-hydrogen) atoms. The van der Waals surface area contributed by atoms with Crippen LogP contribution in [0, 0.1) is 12.3 Å². The van der Waals surface area contributed by atoms with E-state index in [0.29, 0.717) is 5.56 Å². The molecule has 0 saturated heterocycles. The number of amides is 1. The van der Waals surface area contributed by atoms with Crippen molar-refractivity contribution in [1.82, 2.24) is 20.5 Å². The largest absolute Gasteiger partial charge is 0.341 e. The number of aromatic amines is 2. The van der Waals surface area contributed by atoms with Crippen molar-refractivity contribution in [2.75, 3.05) is 6.54 Å². The highest BCUT2D eigenvalue weighted by Crippen LogP contribution is 2.30. The van der Waals surface area contributed by atoms with Gasteiger partial charge in [-0.15, -0.1) is 6.42 Å². The standard InChI is InChI=1S/C17H12N4O/c1-2-7-18-17(22)10-4-6-14-13(8-10)12-5-3-11-9-19-21-15(11)16(12)20-14/h1,3-6,8-9,19,21H,7H2,(H,18,22). The molecule has 1 amide bonds. The predicted octanol–water partition coefficient (Wildman–Crippen LogP) is 2.56. The molecule has 106 valence electrons. The summed E-state index contributed by atoms with van der Waals surface area (Å²) in [6.45, 7) is 0.218. The monoisotopic (exact) mass is 288 g/mol. The quantitative estimate of drug-likeness (QED) is 0.496. The molecule has 0 aliphatic heterocycles. The van der Waals surface area contributed by atoms with E-state index in [1.807, 2.05) is 30.5 Å². The van der Waals surface area contributed by atoms with Crippen LogP contribution in [0.5, 0.6) is 0 Å². The molecule has 0 bridgehead atoms. The first-order chi connectivity index (χ1) is 10.8. The summed E-state index contributed by atoms with van der Waals surface area (Å²) in [5.41, 5.74) is 3.31. The number of rotatable bonds is 2. The lowest BCUT2D eigenvalue weighted by molar-refractivity contribution is 0.0959. The van der Waals surface area contributed by atoms with E-state index in [4.69, 9.17) is 6.42 Å². The van der Waals surface area contributed by atoms with Gasteiger partial charge in [-0.1, -0.05) is 18.1 Å². The highest BCUT2D eigenvalue weighted by Gasteiger charge is 2.12. The van der Waals surface area contributed by atoms with Crippen molar-refractivity contribution < 1.29 is 4.79 Å². The molecule has 0 saturated carbocycles. The molecule has 0 unspecified atom stereocenters. The number of carbonyl (C=O) groups excluding carboxylic acids is 1. The van der Waals surface area contributed by atoms with Crippen molar-refractivity contribution in [2.24, 2.45) is 0 Å². The molecule has 4 aromatic rings. The number of nitrogens with zero attached hydrogens (tertiary/aromatic N) is 1. The zero-order valence-electron chi connectivity index (χ0n) is 11.6. The Morgan fingerprint density at radius 2 is 2.18 bits per heavy atom. The fourth-order valence-electron chi connectivity index (χ4n) is 2.72. The average Bonchev–Trinajstić information content (AvgIpc) is 3.15. The van der Waals surface area contributed by atoms with E-state index in [0.717, 1.165) is 32.7 Å². The van der Waals surface area contributed by atoms with Crippen molar-refractivity contribution in [3.05, 3.63) is 42.1 Å². The first kappa shape index (κ1) is 12.5.